The Morgan fingerprint density at radius 3 is 1.75 bits per heavy atom. The van der Waals surface area contributed by atoms with E-state index in [0.29, 0.717) is 14.9 Å². The van der Waals surface area contributed by atoms with Gasteiger partial charge in [0.1, 0.15) is 5.57 Å². The summed E-state index contributed by atoms with van der Waals surface area (Å²) < 4.78 is 0. The fourth-order valence-electron chi connectivity index (χ4n) is 5.32. The quantitative estimate of drug-likeness (QED) is 0.157. The second-order valence-corrected chi connectivity index (χ2v) is 16.4. The van der Waals surface area contributed by atoms with Crippen LogP contribution in [0, 0.1) is 5.41 Å². The van der Waals surface area contributed by atoms with Crippen molar-refractivity contribution in [1.29, 1.82) is 0 Å². The fourth-order valence-corrected chi connectivity index (χ4v) is 6.59. The lowest BCUT2D eigenvalue weighted by molar-refractivity contribution is -0.180. The zero-order valence-corrected chi connectivity index (χ0v) is 32.2. The van der Waals surface area contributed by atoms with Crippen molar-refractivity contribution in [2.45, 2.75) is 134 Å². The third-order valence-corrected chi connectivity index (χ3v) is 8.87. The second-order valence-electron chi connectivity index (χ2n) is 15.3. The Morgan fingerprint density at radius 1 is 0.833 bits per heavy atom. The Hall–Kier alpha value is -3.67. The molecule has 1 aromatic heterocycles. The molecule has 0 fully saturated rings. The first kappa shape index (κ1) is 40.5. The molecule has 2 heterocycles. The molecule has 0 spiro atoms. The van der Waals surface area contributed by atoms with E-state index in [4.69, 9.17) is 4.98 Å². The van der Waals surface area contributed by atoms with Crippen LogP contribution >= 0.6 is 11.3 Å². The van der Waals surface area contributed by atoms with Gasteiger partial charge in [-0.05, 0) is 52.2 Å². The molecule has 0 radical (unpaired) electrons. The average Bonchev–Trinajstić information content (AvgIpc) is 3.36. The monoisotopic (exact) mass is 685 g/mol. The van der Waals surface area contributed by atoms with Crippen LogP contribution in [0.4, 0.5) is 5.13 Å². The first-order chi connectivity index (χ1) is 21.9. The molecule has 1 aliphatic rings. The summed E-state index contributed by atoms with van der Waals surface area (Å²) in [5.41, 5.74) is -2.42. The summed E-state index contributed by atoms with van der Waals surface area (Å²) in [7, 11) is 0. The maximum Gasteiger partial charge on any atom is 0.286 e. The van der Waals surface area contributed by atoms with Crippen LogP contribution in [0.1, 0.15) is 133 Å². The van der Waals surface area contributed by atoms with Gasteiger partial charge in [0.25, 0.3) is 23.6 Å². The van der Waals surface area contributed by atoms with E-state index < -0.39 is 57.4 Å². The predicted molar refractivity (Wildman–Crippen MR) is 190 cm³/mol. The standard InChI is InChI=1S/C36H55N5O6S/c1-15-17-19-38(20-18-16-2)33-37-28(34(6,7)8)26(48-33)21-25-22(3)27(30(45)39(23(4)42)36(12,13)14)31(46)41(29(25)44)40(24(5)43)32(47)35(9,10)11/h21H,15-20H2,1-14H3/b25-21-. The lowest BCUT2D eigenvalue weighted by atomic mass is 9.89. The number of hydrogen-bond donors (Lipinski definition) is 0. The molecule has 1 aromatic rings. The molecule has 0 aromatic carbocycles. The van der Waals surface area contributed by atoms with Gasteiger partial charge in [-0.2, -0.15) is 10.0 Å². The van der Waals surface area contributed by atoms with E-state index >= 15 is 0 Å². The number of hydrogen-bond acceptors (Lipinski definition) is 9. The van der Waals surface area contributed by atoms with Crippen LogP contribution in [-0.2, 0) is 34.2 Å². The van der Waals surface area contributed by atoms with Gasteiger partial charge in [0.15, 0.2) is 5.13 Å². The molecule has 11 nitrogen and oxygen atoms in total. The van der Waals surface area contributed by atoms with Gasteiger partial charge in [-0.1, -0.05) is 79.6 Å². The molecule has 2 rings (SSSR count). The first-order valence-electron chi connectivity index (χ1n) is 16.7. The molecule has 6 amide bonds. The minimum absolute atomic E-state index is 0.0390. The zero-order chi connectivity index (χ0) is 37.1. The van der Waals surface area contributed by atoms with Crippen LogP contribution < -0.4 is 4.90 Å². The van der Waals surface area contributed by atoms with Crippen LogP contribution in [0.15, 0.2) is 16.7 Å². The van der Waals surface area contributed by atoms with E-state index in [-0.39, 0.29) is 11.1 Å². The van der Waals surface area contributed by atoms with E-state index in [2.05, 4.69) is 18.7 Å². The maximum atomic E-state index is 14.4. The van der Waals surface area contributed by atoms with Crippen molar-refractivity contribution in [3.63, 3.8) is 0 Å². The highest BCUT2D eigenvalue weighted by atomic mass is 32.1. The third-order valence-electron chi connectivity index (χ3n) is 7.80. The normalized spacial score (nSPS) is 15.3. The van der Waals surface area contributed by atoms with E-state index in [1.807, 2.05) is 20.8 Å². The molecule has 0 aliphatic carbocycles. The largest absolute Gasteiger partial charge is 0.348 e. The number of hydrazine groups is 1. The molecule has 0 N–H and O–H groups in total. The molecule has 48 heavy (non-hydrogen) atoms. The van der Waals surface area contributed by atoms with Gasteiger partial charge in [0, 0.05) is 48.9 Å². The molecule has 0 saturated carbocycles. The Kier molecular flexibility index (Phi) is 12.9. The molecule has 12 heteroatoms. The molecule has 0 unspecified atom stereocenters. The number of carbonyl (C=O) groups excluding carboxylic acids is 6. The maximum absolute atomic E-state index is 14.4. The highest BCUT2D eigenvalue weighted by Gasteiger charge is 2.49. The highest BCUT2D eigenvalue weighted by molar-refractivity contribution is 7.16. The van der Waals surface area contributed by atoms with Crippen molar-refractivity contribution < 1.29 is 28.8 Å². The van der Waals surface area contributed by atoms with Gasteiger partial charge in [-0.25, -0.2) is 4.98 Å². The summed E-state index contributed by atoms with van der Waals surface area (Å²) in [4.78, 5) is 91.2. The highest BCUT2D eigenvalue weighted by Crippen LogP contribution is 2.39. The van der Waals surface area contributed by atoms with Gasteiger partial charge in [0.2, 0.25) is 11.8 Å². The van der Waals surface area contributed by atoms with Crippen molar-refractivity contribution in [1.82, 2.24) is 19.9 Å². The topological polar surface area (TPSA) is 128 Å². The molecule has 0 bridgehead atoms. The lowest BCUT2D eigenvalue weighted by Crippen LogP contribution is -2.61. The first-order valence-corrected chi connectivity index (χ1v) is 17.5. The Labute approximate surface area is 290 Å². The van der Waals surface area contributed by atoms with Crippen molar-refractivity contribution >= 4 is 58.0 Å². The number of amides is 6. The number of unbranched alkanes of at least 4 members (excludes halogenated alkanes) is 2. The zero-order valence-electron chi connectivity index (χ0n) is 31.4. The molecular formula is C36H55N5O6S. The van der Waals surface area contributed by atoms with Crippen LogP contribution in [-0.4, -0.2) is 74.0 Å². The summed E-state index contributed by atoms with van der Waals surface area (Å²) in [6.07, 6.45) is 5.59. The molecule has 0 atom stereocenters. The van der Waals surface area contributed by atoms with Crippen molar-refractivity contribution in [3.8, 4) is 0 Å². The summed E-state index contributed by atoms with van der Waals surface area (Å²) in [5, 5.41) is 1.76. The molecule has 1 aliphatic heterocycles. The van der Waals surface area contributed by atoms with Crippen LogP contribution in [0.3, 0.4) is 0 Å². The third kappa shape index (κ3) is 8.86. The average molecular weight is 686 g/mol. The van der Waals surface area contributed by atoms with Gasteiger partial charge in [-0.15, -0.1) is 0 Å². The van der Waals surface area contributed by atoms with E-state index in [1.54, 1.807) is 47.6 Å². The van der Waals surface area contributed by atoms with Gasteiger partial charge in [0.05, 0.1) is 10.6 Å². The van der Waals surface area contributed by atoms with Crippen LogP contribution in [0.25, 0.3) is 6.08 Å². The van der Waals surface area contributed by atoms with E-state index in [1.165, 1.54) is 25.2 Å². The number of imide groups is 3. The molecule has 266 valence electrons. The Bertz CT molecular complexity index is 1510. The van der Waals surface area contributed by atoms with Gasteiger partial charge < -0.3 is 4.90 Å². The summed E-state index contributed by atoms with van der Waals surface area (Å²) in [6, 6.07) is 0. The summed E-state index contributed by atoms with van der Waals surface area (Å²) >= 11 is 1.41. The van der Waals surface area contributed by atoms with Crippen LogP contribution in [0.2, 0.25) is 0 Å². The van der Waals surface area contributed by atoms with Crippen molar-refractivity contribution in [2.24, 2.45) is 5.41 Å². The second kappa shape index (κ2) is 15.3. The van der Waals surface area contributed by atoms with E-state index in [9.17, 15) is 28.8 Å². The number of anilines is 1. The number of nitrogens with zero attached hydrogens (tertiary/aromatic N) is 5. The smallest absolute Gasteiger partial charge is 0.286 e. The molecular weight excluding hydrogens is 630 g/mol. The fraction of sp³-hybridized carbons (Fsp3) is 0.639. The minimum atomic E-state index is -1.17. The minimum Gasteiger partial charge on any atom is -0.348 e. The van der Waals surface area contributed by atoms with E-state index in [0.717, 1.165) is 61.4 Å². The van der Waals surface area contributed by atoms with Crippen LogP contribution in [0.5, 0.6) is 0 Å². The Balaban J connectivity index is 3.05. The number of rotatable bonds is 10. The van der Waals surface area contributed by atoms with Crippen molar-refractivity contribution in [2.75, 3.05) is 18.0 Å². The van der Waals surface area contributed by atoms with Crippen molar-refractivity contribution in [3.05, 3.63) is 27.3 Å². The summed E-state index contributed by atoms with van der Waals surface area (Å²) in [5.74, 6) is -5.31. The lowest BCUT2D eigenvalue weighted by Gasteiger charge is -2.39. The Morgan fingerprint density at radius 2 is 1.35 bits per heavy atom. The SMILES string of the molecule is CCCCN(CCCC)c1nc(C(C)(C)C)c(/C=C2\C(=O)N(N(C(C)=O)C(=O)C(C)(C)C)C(=O)C(C(=O)N(C(C)=O)C(C)(C)C)=C2C)s1. The molecule has 0 saturated heterocycles. The van der Waals surface area contributed by atoms with Gasteiger partial charge >= 0.3 is 0 Å². The predicted octanol–water partition coefficient (Wildman–Crippen LogP) is 6.43. The number of thiazole rings is 1. The number of aromatic nitrogens is 1. The summed E-state index contributed by atoms with van der Waals surface area (Å²) in [6.45, 7) is 25.3. The number of carbonyl (C=O) groups is 6. The van der Waals surface area contributed by atoms with Gasteiger partial charge in [-0.3, -0.25) is 33.7 Å².